The maximum absolute atomic E-state index is 13.2. The molecule has 0 saturated heterocycles. The van der Waals surface area contributed by atoms with Crippen LogP contribution in [-0.4, -0.2) is 19.6 Å². The van der Waals surface area contributed by atoms with Gasteiger partial charge in [-0.25, -0.2) is 22.3 Å². The van der Waals surface area contributed by atoms with Crippen molar-refractivity contribution in [1.29, 1.82) is 0 Å². The summed E-state index contributed by atoms with van der Waals surface area (Å²) in [7, 11) is -4.22. The van der Waals surface area contributed by atoms with E-state index in [1.807, 2.05) is 0 Å². The van der Waals surface area contributed by atoms with Crippen LogP contribution in [0.25, 0.3) is 11.1 Å². The average molecular weight is 295 g/mol. The molecule has 0 aliphatic rings. The first-order valence-corrected chi connectivity index (χ1v) is 6.99. The summed E-state index contributed by atoms with van der Waals surface area (Å²) >= 11 is 0. The van der Waals surface area contributed by atoms with E-state index in [2.05, 4.69) is 0 Å². The van der Waals surface area contributed by atoms with E-state index >= 15 is 0 Å². The Morgan fingerprint density at radius 3 is 2.45 bits per heavy atom. The smallest absolute Gasteiger partial charge is 0.418 e. The van der Waals surface area contributed by atoms with Crippen LogP contribution in [0.15, 0.2) is 53.4 Å². The Morgan fingerprint density at radius 2 is 1.80 bits per heavy atom. The molecule has 20 heavy (non-hydrogen) atoms. The molecule has 0 spiro atoms. The van der Waals surface area contributed by atoms with Crippen LogP contribution in [0.5, 0.6) is 0 Å². The molecule has 0 aliphatic heterocycles. The molecule has 104 valence electrons. The van der Waals surface area contributed by atoms with E-state index in [4.69, 9.17) is 5.11 Å². The SMILES string of the molecule is O=C(O)NS(=O)(=O)c1ccccc1-c1cccc(F)c1. The largest absolute Gasteiger partial charge is 0.464 e. The van der Waals surface area contributed by atoms with Crippen molar-refractivity contribution in [2.45, 2.75) is 4.90 Å². The number of rotatable bonds is 3. The molecule has 0 radical (unpaired) electrons. The van der Waals surface area contributed by atoms with E-state index in [0.717, 1.165) is 0 Å². The summed E-state index contributed by atoms with van der Waals surface area (Å²) in [6.07, 6.45) is -1.68. The average Bonchev–Trinajstić information content (AvgIpc) is 2.37. The van der Waals surface area contributed by atoms with Crippen LogP contribution in [-0.2, 0) is 10.0 Å². The van der Waals surface area contributed by atoms with Gasteiger partial charge in [-0.1, -0.05) is 30.3 Å². The number of halogens is 1. The Hall–Kier alpha value is -2.41. The monoisotopic (exact) mass is 295 g/mol. The molecule has 1 amide bonds. The molecule has 5 nitrogen and oxygen atoms in total. The number of carboxylic acid groups (broad SMARTS) is 1. The Balaban J connectivity index is 2.60. The van der Waals surface area contributed by atoms with Gasteiger partial charge in [0.05, 0.1) is 4.90 Å². The highest BCUT2D eigenvalue weighted by Crippen LogP contribution is 2.27. The summed E-state index contributed by atoms with van der Waals surface area (Å²) in [5.74, 6) is -0.513. The van der Waals surface area contributed by atoms with Crippen molar-refractivity contribution in [2.24, 2.45) is 0 Å². The van der Waals surface area contributed by atoms with Gasteiger partial charge < -0.3 is 5.11 Å². The zero-order chi connectivity index (χ0) is 14.8. The molecule has 0 aromatic heterocycles. The van der Waals surface area contributed by atoms with Gasteiger partial charge in [0.2, 0.25) is 0 Å². The summed E-state index contributed by atoms with van der Waals surface area (Å²) in [5, 5.41) is 8.57. The van der Waals surface area contributed by atoms with Crippen LogP contribution in [0.3, 0.4) is 0 Å². The Bertz CT molecular complexity index is 758. The van der Waals surface area contributed by atoms with Gasteiger partial charge in [0.25, 0.3) is 10.0 Å². The summed E-state index contributed by atoms with van der Waals surface area (Å²) in [6, 6.07) is 11.2. The molecule has 0 atom stereocenters. The van der Waals surface area contributed by atoms with E-state index in [0.29, 0.717) is 5.56 Å². The maximum Gasteiger partial charge on any atom is 0.418 e. The predicted octanol–water partition coefficient (Wildman–Crippen LogP) is 2.45. The second-order valence-electron chi connectivity index (χ2n) is 3.92. The predicted molar refractivity (Wildman–Crippen MR) is 70.2 cm³/mol. The van der Waals surface area contributed by atoms with Crippen LogP contribution >= 0.6 is 0 Å². The molecular formula is C13H10FNO4S. The number of carbonyl (C=O) groups is 1. The third kappa shape index (κ3) is 2.94. The van der Waals surface area contributed by atoms with Gasteiger partial charge in [-0.2, -0.15) is 0 Å². The Labute approximate surface area is 114 Å². The molecule has 0 heterocycles. The fraction of sp³-hybridized carbons (Fsp3) is 0. The molecule has 2 aromatic carbocycles. The van der Waals surface area contributed by atoms with E-state index in [-0.39, 0.29) is 10.5 Å². The number of amides is 1. The molecule has 0 bridgehead atoms. The van der Waals surface area contributed by atoms with Crippen molar-refractivity contribution in [2.75, 3.05) is 0 Å². The number of hydrogen-bond acceptors (Lipinski definition) is 3. The summed E-state index contributed by atoms with van der Waals surface area (Å²) < 4.78 is 38.6. The lowest BCUT2D eigenvalue weighted by Crippen LogP contribution is -2.29. The Kier molecular flexibility index (Phi) is 3.71. The number of benzene rings is 2. The fourth-order valence-electron chi connectivity index (χ4n) is 1.77. The van der Waals surface area contributed by atoms with E-state index in [9.17, 15) is 17.6 Å². The first-order chi connectivity index (χ1) is 9.40. The highest BCUT2D eigenvalue weighted by molar-refractivity contribution is 7.90. The van der Waals surface area contributed by atoms with Gasteiger partial charge in [-0.15, -0.1) is 0 Å². The molecule has 7 heteroatoms. The van der Waals surface area contributed by atoms with E-state index in [1.54, 1.807) is 6.07 Å². The fourth-order valence-corrected chi connectivity index (χ4v) is 2.84. The molecule has 2 aromatic rings. The van der Waals surface area contributed by atoms with Crippen molar-refractivity contribution >= 4 is 16.1 Å². The lowest BCUT2D eigenvalue weighted by molar-refractivity contribution is 0.201. The van der Waals surface area contributed by atoms with Crippen LogP contribution in [0.2, 0.25) is 0 Å². The van der Waals surface area contributed by atoms with Crippen LogP contribution in [0.1, 0.15) is 0 Å². The van der Waals surface area contributed by atoms with Gasteiger partial charge in [-0.3, -0.25) is 0 Å². The van der Waals surface area contributed by atoms with Crippen LogP contribution in [0.4, 0.5) is 9.18 Å². The second kappa shape index (κ2) is 5.30. The normalized spacial score (nSPS) is 11.1. The maximum atomic E-state index is 13.2. The van der Waals surface area contributed by atoms with Gasteiger partial charge in [-0.05, 0) is 23.8 Å². The van der Waals surface area contributed by atoms with Crippen molar-refractivity contribution in [1.82, 2.24) is 4.72 Å². The molecule has 0 fully saturated rings. The van der Waals surface area contributed by atoms with Gasteiger partial charge in [0.1, 0.15) is 5.82 Å². The van der Waals surface area contributed by atoms with Gasteiger partial charge in [0.15, 0.2) is 0 Å². The third-order valence-electron chi connectivity index (χ3n) is 2.53. The first-order valence-electron chi connectivity index (χ1n) is 5.51. The van der Waals surface area contributed by atoms with Gasteiger partial charge >= 0.3 is 6.09 Å². The first kappa shape index (κ1) is 14.0. The minimum atomic E-state index is -4.22. The summed E-state index contributed by atoms with van der Waals surface area (Å²) in [5.41, 5.74) is 0.567. The van der Waals surface area contributed by atoms with Crippen LogP contribution in [0, 0.1) is 5.82 Å². The van der Waals surface area contributed by atoms with E-state index < -0.39 is 21.9 Å². The number of nitrogens with one attached hydrogen (secondary N) is 1. The Morgan fingerprint density at radius 1 is 1.10 bits per heavy atom. The lowest BCUT2D eigenvalue weighted by Gasteiger charge is -2.10. The molecular weight excluding hydrogens is 285 g/mol. The van der Waals surface area contributed by atoms with Crippen molar-refractivity contribution in [3.05, 3.63) is 54.3 Å². The molecule has 0 unspecified atom stereocenters. The second-order valence-corrected chi connectivity index (χ2v) is 5.57. The van der Waals surface area contributed by atoms with Crippen molar-refractivity contribution in [3.8, 4) is 11.1 Å². The van der Waals surface area contributed by atoms with Crippen molar-refractivity contribution in [3.63, 3.8) is 0 Å². The standard InChI is InChI=1S/C13H10FNO4S/c14-10-5-3-4-9(8-10)11-6-1-2-7-12(11)20(18,19)15-13(16)17/h1-8,15H,(H,16,17). The van der Waals surface area contributed by atoms with Crippen LogP contribution < -0.4 is 4.72 Å². The minimum absolute atomic E-state index is 0.223. The number of hydrogen-bond donors (Lipinski definition) is 2. The zero-order valence-corrected chi connectivity index (χ0v) is 10.9. The zero-order valence-electron chi connectivity index (χ0n) is 10.1. The van der Waals surface area contributed by atoms with Crippen molar-refractivity contribution < 1.29 is 22.7 Å². The van der Waals surface area contributed by atoms with Gasteiger partial charge in [0, 0.05) is 5.56 Å². The summed E-state index contributed by atoms with van der Waals surface area (Å²) in [6.45, 7) is 0. The number of sulfonamides is 1. The summed E-state index contributed by atoms with van der Waals surface area (Å²) in [4.78, 5) is 10.3. The molecule has 0 saturated carbocycles. The topological polar surface area (TPSA) is 83.5 Å². The molecule has 0 aliphatic carbocycles. The molecule has 2 N–H and O–H groups in total. The highest BCUT2D eigenvalue weighted by atomic mass is 32.2. The minimum Gasteiger partial charge on any atom is -0.464 e. The molecule has 2 rings (SSSR count). The quantitative estimate of drug-likeness (QED) is 0.911. The highest BCUT2D eigenvalue weighted by Gasteiger charge is 2.21. The van der Waals surface area contributed by atoms with E-state index in [1.165, 1.54) is 47.2 Å². The lowest BCUT2D eigenvalue weighted by atomic mass is 10.1. The third-order valence-corrected chi connectivity index (χ3v) is 3.91.